The first-order chi connectivity index (χ1) is 16.5. The van der Waals surface area contributed by atoms with E-state index in [0.717, 1.165) is 5.56 Å². The van der Waals surface area contributed by atoms with Crippen molar-refractivity contribution in [2.45, 2.75) is 50.3 Å². The maximum absolute atomic E-state index is 14.2. The lowest BCUT2D eigenvalue weighted by atomic mass is 10.1. The number of hydrogen-bond donors (Lipinski definition) is 1. The van der Waals surface area contributed by atoms with Crippen molar-refractivity contribution in [1.29, 1.82) is 0 Å². The van der Waals surface area contributed by atoms with E-state index in [9.17, 15) is 17.6 Å². The molecule has 3 rings (SSSR count). The Labute approximate surface area is 206 Å². The summed E-state index contributed by atoms with van der Waals surface area (Å²) in [4.78, 5) is 18.6. The predicted octanol–water partition coefficient (Wildman–Crippen LogP) is 4.54. The number of urea groups is 1. The van der Waals surface area contributed by atoms with Crippen LogP contribution < -0.4 is 5.32 Å². The van der Waals surface area contributed by atoms with Crippen LogP contribution in [0.4, 0.5) is 9.18 Å². The number of aromatic nitrogens is 2. The van der Waals surface area contributed by atoms with Crippen molar-refractivity contribution in [3.63, 3.8) is 0 Å². The minimum Gasteiger partial charge on any atom is -0.333 e. The quantitative estimate of drug-likeness (QED) is 0.439. The third-order valence-corrected chi connectivity index (χ3v) is 6.71. The fourth-order valence-electron chi connectivity index (χ4n) is 3.56. The van der Waals surface area contributed by atoms with Crippen molar-refractivity contribution in [1.82, 2.24) is 19.8 Å². The first-order valence-corrected chi connectivity index (χ1v) is 12.9. The van der Waals surface area contributed by atoms with Gasteiger partial charge in [0.2, 0.25) is 15.0 Å². The predicted molar refractivity (Wildman–Crippen MR) is 134 cm³/mol. The van der Waals surface area contributed by atoms with E-state index in [2.05, 4.69) is 16.9 Å². The summed E-state index contributed by atoms with van der Waals surface area (Å²) >= 11 is 0. The van der Waals surface area contributed by atoms with Crippen molar-refractivity contribution < 1.29 is 17.6 Å². The van der Waals surface area contributed by atoms with E-state index in [1.54, 1.807) is 16.7 Å². The Morgan fingerprint density at radius 3 is 2.43 bits per heavy atom. The van der Waals surface area contributed by atoms with Gasteiger partial charge in [0.15, 0.2) is 0 Å². The number of imidazole rings is 1. The van der Waals surface area contributed by atoms with Gasteiger partial charge in [-0.25, -0.2) is 22.6 Å². The van der Waals surface area contributed by atoms with Crippen LogP contribution in [-0.2, 0) is 28.7 Å². The van der Waals surface area contributed by atoms with Crippen LogP contribution in [0.25, 0.3) is 0 Å². The smallest absolute Gasteiger partial charge is 0.318 e. The molecule has 0 saturated heterocycles. The van der Waals surface area contributed by atoms with Crippen molar-refractivity contribution in [2.24, 2.45) is 0 Å². The Hall–Kier alpha value is -3.46. The molecule has 0 radical (unpaired) electrons. The Morgan fingerprint density at radius 2 is 1.80 bits per heavy atom. The zero-order chi connectivity index (χ0) is 25.6. The maximum atomic E-state index is 14.2. The van der Waals surface area contributed by atoms with E-state index in [-0.39, 0.29) is 36.4 Å². The number of rotatable bonds is 9. The van der Waals surface area contributed by atoms with E-state index in [0.29, 0.717) is 5.69 Å². The van der Waals surface area contributed by atoms with Crippen molar-refractivity contribution >= 4 is 15.9 Å². The molecule has 0 aliphatic heterocycles. The highest BCUT2D eigenvalue weighted by Gasteiger charge is 2.27. The number of carbonyl (C=O) groups excluding carboxylic acids is 1. The summed E-state index contributed by atoms with van der Waals surface area (Å²) in [7, 11) is -3.99. The summed E-state index contributed by atoms with van der Waals surface area (Å²) in [6, 6.07) is 14.8. The van der Waals surface area contributed by atoms with Crippen LogP contribution in [0.1, 0.15) is 37.6 Å². The number of amides is 2. The van der Waals surface area contributed by atoms with Crippen LogP contribution >= 0.6 is 0 Å². The van der Waals surface area contributed by atoms with E-state index >= 15 is 0 Å². The summed E-state index contributed by atoms with van der Waals surface area (Å²) in [6.07, 6.45) is 3.06. The average Bonchev–Trinajstić information content (AvgIpc) is 3.17. The number of nitrogens with one attached hydrogen (secondary N) is 1. The lowest BCUT2D eigenvalue weighted by Gasteiger charge is -2.28. The normalized spacial score (nSPS) is 11.8. The molecule has 0 unspecified atom stereocenters. The summed E-state index contributed by atoms with van der Waals surface area (Å²) in [5, 5.41) is 2.75. The van der Waals surface area contributed by atoms with Crippen LogP contribution in [0.15, 0.2) is 78.6 Å². The first-order valence-electron chi connectivity index (χ1n) is 11.2. The monoisotopic (exact) mass is 498 g/mol. The fourth-order valence-corrected chi connectivity index (χ4v) is 5.06. The van der Waals surface area contributed by atoms with Gasteiger partial charge < -0.3 is 14.8 Å². The Bertz CT molecular complexity index is 1280. The second-order valence-electron chi connectivity index (χ2n) is 9.30. The largest absolute Gasteiger partial charge is 0.333 e. The van der Waals surface area contributed by atoms with Gasteiger partial charge in [-0.2, -0.15) is 0 Å². The number of sulfone groups is 1. The third-order valence-electron chi connectivity index (χ3n) is 5.14. The topological polar surface area (TPSA) is 84.3 Å². The van der Waals surface area contributed by atoms with E-state index in [1.165, 1.54) is 29.3 Å². The molecule has 0 aliphatic rings. The summed E-state index contributed by atoms with van der Waals surface area (Å²) in [5.74, 6) is -1.11. The molecule has 2 aromatic carbocycles. The highest BCUT2D eigenvalue weighted by Crippen LogP contribution is 2.22. The van der Waals surface area contributed by atoms with Crippen LogP contribution in [0.3, 0.4) is 0 Å². The zero-order valence-electron chi connectivity index (χ0n) is 20.2. The highest BCUT2D eigenvalue weighted by atomic mass is 32.2. The molecular formula is C26H31FN4O3S. The summed E-state index contributed by atoms with van der Waals surface area (Å²) < 4.78 is 42.5. The summed E-state index contributed by atoms with van der Waals surface area (Å²) in [6.45, 7) is 9.97. The molecule has 2 amide bonds. The third kappa shape index (κ3) is 7.02. The highest BCUT2D eigenvalue weighted by molar-refractivity contribution is 7.90. The maximum Gasteiger partial charge on any atom is 0.318 e. The molecule has 0 spiro atoms. The zero-order valence-corrected chi connectivity index (χ0v) is 21.1. The van der Waals surface area contributed by atoms with Crippen LogP contribution in [0.2, 0.25) is 0 Å². The molecule has 0 fully saturated rings. The number of benzene rings is 2. The molecule has 0 aliphatic carbocycles. The van der Waals surface area contributed by atoms with Crippen LogP contribution in [0, 0.1) is 5.82 Å². The van der Waals surface area contributed by atoms with Gasteiger partial charge in [-0.1, -0.05) is 54.6 Å². The SMILES string of the molecule is C=CCN(Cc1cnc(S(=O)(=O)Cc2ccccc2F)n1Cc1ccccc1)C(=O)NC(C)(C)C. The van der Waals surface area contributed by atoms with E-state index < -0.39 is 26.9 Å². The van der Waals surface area contributed by atoms with Gasteiger partial charge in [0.25, 0.3) is 0 Å². The number of halogens is 1. The molecule has 186 valence electrons. The second kappa shape index (κ2) is 10.9. The number of nitrogens with zero attached hydrogens (tertiary/aromatic N) is 3. The van der Waals surface area contributed by atoms with Gasteiger partial charge in [0.05, 0.1) is 30.7 Å². The molecular weight excluding hydrogens is 467 g/mol. The average molecular weight is 499 g/mol. The first kappa shape index (κ1) is 26.2. The molecule has 35 heavy (non-hydrogen) atoms. The van der Waals surface area contributed by atoms with Gasteiger partial charge in [0.1, 0.15) is 5.82 Å². The molecule has 0 saturated carbocycles. The van der Waals surface area contributed by atoms with E-state index in [4.69, 9.17) is 0 Å². The number of hydrogen-bond acceptors (Lipinski definition) is 4. The molecule has 1 heterocycles. The van der Waals surface area contributed by atoms with Gasteiger partial charge in [-0.3, -0.25) is 0 Å². The second-order valence-corrected chi connectivity index (χ2v) is 11.2. The van der Waals surface area contributed by atoms with Gasteiger partial charge >= 0.3 is 6.03 Å². The molecule has 0 atom stereocenters. The molecule has 3 aromatic rings. The van der Waals surface area contributed by atoms with Gasteiger partial charge in [0, 0.05) is 17.6 Å². The molecule has 1 aromatic heterocycles. The Balaban J connectivity index is 2.01. The molecule has 0 bridgehead atoms. The minimum absolute atomic E-state index is 0.0705. The standard InChI is InChI=1S/C26H31FN4O3S/c1-5-15-30(24(32)29-26(2,3)4)18-22-16-28-25(31(22)17-20-11-7-6-8-12-20)35(33,34)19-21-13-9-10-14-23(21)27/h5-14,16H,1,15,17-19H2,2-4H3,(H,29,32). The van der Waals surface area contributed by atoms with Crippen LogP contribution in [0.5, 0.6) is 0 Å². The van der Waals surface area contributed by atoms with Crippen molar-refractivity contribution in [3.05, 3.63) is 96.1 Å². The molecule has 1 N–H and O–H groups in total. The lowest BCUT2D eigenvalue weighted by Crippen LogP contribution is -2.48. The van der Waals surface area contributed by atoms with Crippen LogP contribution in [-0.4, -0.2) is 41.0 Å². The van der Waals surface area contributed by atoms with Gasteiger partial charge in [-0.15, -0.1) is 6.58 Å². The van der Waals surface area contributed by atoms with Crippen molar-refractivity contribution in [2.75, 3.05) is 6.54 Å². The fraction of sp³-hybridized carbons (Fsp3) is 0.308. The number of carbonyl (C=O) groups is 1. The Kier molecular flexibility index (Phi) is 8.11. The lowest BCUT2D eigenvalue weighted by molar-refractivity contribution is 0.190. The molecule has 9 heteroatoms. The summed E-state index contributed by atoms with van der Waals surface area (Å²) in [5.41, 5.74) is 1.02. The van der Waals surface area contributed by atoms with Crippen molar-refractivity contribution in [3.8, 4) is 0 Å². The molecule has 7 nitrogen and oxygen atoms in total. The Morgan fingerprint density at radius 1 is 1.14 bits per heavy atom. The van der Waals surface area contributed by atoms with Gasteiger partial charge in [-0.05, 0) is 32.4 Å². The van der Waals surface area contributed by atoms with E-state index in [1.807, 2.05) is 51.1 Å². The minimum atomic E-state index is -3.99.